The standard InChI is InChI=1S/C13H18N2O2/c1-3-12(2,9-14)15-10(16)8-13(11(15)17)6-4-5-7-13/h3-8H2,1-2H3. The summed E-state index contributed by atoms with van der Waals surface area (Å²) in [4.78, 5) is 25.8. The molecule has 0 aromatic carbocycles. The van der Waals surface area contributed by atoms with Crippen LogP contribution in [0.3, 0.4) is 0 Å². The number of nitrogens with zero attached hydrogens (tertiary/aromatic N) is 2. The van der Waals surface area contributed by atoms with Crippen LogP contribution in [0.4, 0.5) is 0 Å². The molecule has 1 unspecified atom stereocenters. The van der Waals surface area contributed by atoms with Gasteiger partial charge in [0.05, 0.1) is 11.5 Å². The van der Waals surface area contributed by atoms with Crippen molar-refractivity contribution in [3.63, 3.8) is 0 Å². The van der Waals surface area contributed by atoms with Gasteiger partial charge in [-0.2, -0.15) is 5.26 Å². The number of nitriles is 1. The van der Waals surface area contributed by atoms with Crippen LogP contribution < -0.4 is 0 Å². The highest BCUT2D eigenvalue weighted by Gasteiger charge is 2.56. The van der Waals surface area contributed by atoms with E-state index in [0.29, 0.717) is 12.8 Å². The second kappa shape index (κ2) is 3.83. The van der Waals surface area contributed by atoms with Crippen molar-refractivity contribution < 1.29 is 9.59 Å². The first-order chi connectivity index (χ1) is 7.99. The fourth-order valence-electron chi connectivity index (χ4n) is 3.02. The smallest absolute Gasteiger partial charge is 0.237 e. The van der Waals surface area contributed by atoms with Gasteiger partial charge in [0.1, 0.15) is 5.54 Å². The topological polar surface area (TPSA) is 61.2 Å². The molecule has 1 saturated carbocycles. The monoisotopic (exact) mass is 234 g/mol. The van der Waals surface area contributed by atoms with Gasteiger partial charge in [-0.3, -0.25) is 14.5 Å². The molecule has 1 aliphatic carbocycles. The molecular weight excluding hydrogens is 216 g/mol. The SMILES string of the molecule is CCC(C)(C#N)N1C(=O)CC2(CCCC2)C1=O. The molecule has 0 bridgehead atoms. The zero-order valence-electron chi connectivity index (χ0n) is 10.5. The first-order valence-corrected chi connectivity index (χ1v) is 6.28. The van der Waals surface area contributed by atoms with Crippen LogP contribution in [0.2, 0.25) is 0 Å². The van der Waals surface area contributed by atoms with Gasteiger partial charge in [0.25, 0.3) is 0 Å². The number of amides is 2. The van der Waals surface area contributed by atoms with Crippen molar-refractivity contribution in [2.24, 2.45) is 5.41 Å². The second-order valence-corrected chi connectivity index (χ2v) is 5.44. The highest BCUT2D eigenvalue weighted by molar-refractivity contribution is 6.07. The average Bonchev–Trinajstić information content (AvgIpc) is 2.86. The molecule has 1 aliphatic heterocycles. The Balaban J connectivity index is 2.35. The molecular formula is C13H18N2O2. The lowest BCUT2D eigenvalue weighted by molar-refractivity contribution is -0.146. The maximum absolute atomic E-state index is 12.5. The number of rotatable bonds is 2. The highest BCUT2D eigenvalue weighted by atomic mass is 16.2. The lowest BCUT2D eigenvalue weighted by Gasteiger charge is -2.31. The van der Waals surface area contributed by atoms with Gasteiger partial charge in [0, 0.05) is 6.42 Å². The maximum Gasteiger partial charge on any atom is 0.237 e. The molecule has 2 aliphatic rings. The van der Waals surface area contributed by atoms with Crippen molar-refractivity contribution in [1.29, 1.82) is 5.26 Å². The van der Waals surface area contributed by atoms with E-state index in [2.05, 4.69) is 6.07 Å². The van der Waals surface area contributed by atoms with Crippen molar-refractivity contribution >= 4 is 11.8 Å². The Morgan fingerprint density at radius 3 is 2.47 bits per heavy atom. The molecule has 1 saturated heterocycles. The van der Waals surface area contributed by atoms with Crippen LogP contribution in [0.25, 0.3) is 0 Å². The Hall–Kier alpha value is -1.37. The number of likely N-dealkylation sites (tertiary alicyclic amines) is 1. The van der Waals surface area contributed by atoms with Crippen LogP contribution >= 0.6 is 0 Å². The van der Waals surface area contributed by atoms with Gasteiger partial charge >= 0.3 is 0 Å². The molecule has 2 rings (SSSR count). The summed E-state index contributed by atoms with van der Waals surface area (Å²) in [6.45, 7) is 3.51. The summed E-state index contributed by atoms with van der Waals surface area (Å²) in [7, 11) is 0. The number of carbonyl (C=O) groups excluding carboxylic acids is 2. The van der Waals surface area contributed by atoms with E-state index in [4.69, 9.17) is 0 Å². The molecule has 0 N–H and O–H groups in total. The molecule has 4 heteroatoms. The molecule has 0 radical (unpaired) electrons. The molecule has 92 valence electrons. The summed E-state index contributed by atoms with van der Waals surface area (Å²) < 4.78 is 0. The predicted molar refractivity (Wildman–Crippen MR) is 61.7 cm³/mol. The highest BCUT2D eigenvalue weighted by Crippen LogP contribution is 2.48. The number of carbonyl (C=O) groups is 2. The molecule has 4 nitrogen and oxygen atoms in total. The van der Waals surface area contributed by atoms with E-state index in [9.17, 15) is 14.9 Å². The van der Waals surface area contributed by atoms with Gasteiger partial charge in [-0.15, -0.1) is 0 Å². The van der Waals surface area contributed by atoms with Crippen LogP contribution in [0, 0.1) is 16.7 Å². The predicted octanol–water partition coefficient (Wildman–Crippen LogP) is 2.00. The van der Waals surface area contributed by atoms with E-state index >= 15 is 0 Å². The van der Waals surface area contributed by atoms with Crippen molar-refractivity contribution in [1.82, 2.24) is 4.90 Å². The van der Waals surface area contributed by atoms with Crippen LogP contribution in [-0.4, -0.2) is 22.3 Å². The first kappa shape index (κ1) is 12.1. The summed E-state index contributed by atoms with van der Waals surface area (Å²) in [6, 6.07) is 2.12. The van der Waals surface area contributed by atoms with E-state index in [1.54, 1.807) is 6.92 Å². The summed E-state index contributed by atoms with van der Waals surface area (Å²) in [5.74, 6) is -0.270. The van der Waals surface area contributed by atoms with Gasteiger partial charge in [-0.05, 0) is 26.2 Å². The Kier molecular flexibility index (Phi) is 2.73. The minimum Gasteiger partial charge on any atom is -0.274 e. The zero-order chi connectivity index (χ0) is 12.7. The Bertz CT molecular complexity index is 404. The summed E-state index contributed by atoms with van der Waals surface area (Å²) in [6.07, 6.45) is 4.43. The zero-order valence-corrected chi connectivity index (χ0v) is 10.5. The van der Waals surface area contributed by atoms with E-state index in [1.165, 1.54) is 4.90 Å². The van der Waals surface area contributed by atoms with Gasteiger partial charge in [0.2, 0.25) is 11.8 Å². The van der Waals surface area contributed by atoms with E-state index < -0.39 is 11.0 Å². The number of imide groups is 1. The molecule has 1 atom stereocenters. The van der Waals surface area contributed by atoms with Crippen LogP contribution in [-0.2, 0) is 9.59 Å². The lowest BCUT2D eigenvalue weighted by atomic mass is 9.84. The lowest BCUT2D eigenvalue weighted by Crippen LogP contribution is -2.49. The Morgan fingerprint density at radius 2 is 2.00 bits per heavy atom. The fraction of sp³-hybridized carbons (Fsp3) is 0.769. The van der Waals surface area contributed by atoms with Gasteiger partial charge in [-0.1, -0.05) is 19.8 Å². The second-order valence-electron chi connectivity index (χ2n) is 5.44. The largest absolute Gasteiger partial charge is 0.274 e. The summed E-state index contributed by atoms with van der Waals surface area (Å²) in [5, 5.41) is 9.22. The average molecular weight is 234 g/mol. The molecule has 2 fully saturated rings. The quantitative estimate of drug-likeness (QED) is 0.686. The Morgan fingerprint density at radius 1 is 1.41 bits per heavy atom. The molecule has 1 spiro atoms. The molecule has 2 amide bonds. The molecule has 1 heterocycles. The van der Waals surface area contributed by atoms with Crippen LogP contribution in [0.5, 0.6) is 0 Å². The molecule has 17 heavy (non-hydrogen) atoms. The van der Waals surface area contributed by atoms with E-state index in [-0.39, 0.29) is 11.8 Å². The van der Waals surface area contributed by atoms with Gasteiger partial charge < -0.3 is 0 Å². The summed E-state index contributed by atoms with van der Waals surface area (Å²) >= 11 is 0. The minimum atomic E-state index is -0.972. The minimum absolute atomic E-state index is 0.106. The van der Waals surface area contributed by atoms with Crippen molar-refractivity contribution in [2.75, 3.05) is 0 Å². The first-order valence-electron chi connectivity index (χ1n) is 6.28. The third-order valence-corrected chi connectivity index (χ3v) is 4.38. The third-order valence-electron chi connectivity index (χ3n) is 4.38. The van der Waals surface area contributed by atoms with Crippen molar-refractivity contribution in [3.8, 4) is 6.07 Å². The number of hydrogen-bond donors (Lipinski definition) is 0. The Labute approximate surface area is 102 Å². The van der Waals surface area contributed by atoms with Crippen LogP contribution in [0.15, 0.2) is 0 Å². The van der Waals surface area contributed by atoms with Gasteiger partial charge in [0.15, 0.2) is 0 Å². The van der Waals surface area contributed by atoms with E-state index in [1.807, 2.05) is 6.92 Å². The van der Waals surface area contributed by atoms with Crippen molar-refractivity contribution in [3.05, 3.63) is 0 Å². The van der Waals surface area contributed by atoms with Gasteiger partial charge in [-0.25, -0.2) is 0 Å². The van der Waals surface area contributed by atoms with Crippen LogP contribution in [0.1, 0.15) is 52.4 Å². The molecule has 0 aromatic rings. The number of hydrogen-bond acceptors (Lipinski definition) is 3. The van der Waals surface area contributed by atoms with E-state index in [0.717, 1.165) is 25.7 Å². The fourth-order valence-corrected chi connectivity index (χ4v) is 3.02. The molecule has 0 aromatic heterocycles. The third kappa shape index (κ3) is 1.56. The summed E-state index contributed by atoms with van der Waals surface area (Å²) in [5.41, 5.74) is -1.44. The normalized spacial score (nSPS) is 26.3. The van der Waals surface area contributed by atoms with Crippen molar-refractivity contribution in [2.45, 2.75) is 57.9 Å². The maximum atomic E-state index is 12.5.